The molecule has 5 heteroatoms. The van der Waals surface area contributed by atoms with Gasteiger partial charge in [-0.1, -0.05) is 17.7 Å². The molecule has 3 rings (SSSR count). The summed E-state index contributed by atoms with van der Waals surface area (Å²) in [4.78, 5) is 16.0. The molecule has 1 amide bonds. The Labute approximate surface area is 146 Å². The molecule has 1 aliphatic rings. The van der Waals surface area contributed by atoms with E-state index in [2.05, 4.69) is 27.7 Å². The lowest BCUT2D eigenvalue weighted by atomic mass is 9.95. The lowest BCUT2D eigenvalue weighted by Gasteiger charge is -2.31. The number of rotatable bonds is 5. The van der Waals surface area contributed by atoms with Crippen LogP contribution in [0.2, 0.25) is 5.02 Å². The molecular formula is C18H21ClN2OS. The number of thiophene rings is 1. The van der Waals surface area contributed by atoms with Crippen LogP contribution in [0.5, 0.6) is 0 Å². The van der Waals surface area contributed by atoms with Gasteiger partial charge in [0.25, 0.3) is 5.91 Å². The van der Waals surface area contributed by atoms with Gasteiger partial charge in [0.1, 0.15) is 0 Å². The Morgan fingerprint density at radius 3 is 2.61 bits per heavy atom. The highest BCUT2D eigenvalue weighted by atomic mass is 35.5. The molecule has 1 aromatic carbocycles. The van der Waals surface area contributed by atoms with E-state index in [1.807, 2.05) is 11.3 Å². The molecule has 0 unspecified atom stereocenters. The first-order valence-electron chi connectivity index (χ1n) is 8.02. The summed E-state index contributed by atoms with van der Waals surface area (Å²) in [5.41, 5.74) is 0.658. The van der Waals surface area contributed by atoms with Gasteiger partial charge < -0.3 is 10.2 Å². The number of piperidine rings is 1. The number of benzene rings is 1. The molecular weight excluding hydrogens is 328 g/mol. The van der Waals surface area contributed by atoms with Crippen LogP contribution in [-0.4, -0.2) is 37.0 Å². The van der Waals surface area contributed by atoms with Crippen molar-refractivity contribution in [3.63, 3.8) is 0 Å². The van der Waals surface area contributed by atoms with Crippen molar-refractivity contribution >= 4 is 28.8 Å². The zero-order chi connectivity index (χ0) is 16.1. The average Bonchev–Trinajstić information content (AvgIpc) is 3.10. The van der Waals surface area contributed by atoms with Gasteiger partial charge >= 0.3 is 0 Å². The highest BCUT2D eigenvalue weighted by Gasteiger charge is 2.20. The Morgan fingerprint density at radius 1 is 1.22 bits per heavy atom. The first kappa shape index (κ1) is 16.5. The van der Waals surface area contributed by atoms with Gasteiger partial charge in [0.15, 0.2) is 0 Å². The molecule has 0 spiro atoms. The number of carbonyl (C=O) groups is 1. The van der Waals surface area contributed by atoms with Gasteiger partial charge in [0.2, 0.25) is 0 Å². The van der Waals surface area contributed by atoms with Crippen molar-refractivity contribution in [3.05, 3.63) is 57.2 Å². The smallest absolute Gasteiger partial charge is 0.251 e. The van der Waals surface area contributed by atoms with Crippen molar-refractivity contribution in [1.82, 2.24) is 10.2 Å². The Kier molecular flexibility index (Phi) is 5.70. The summed E-state index contributed by atoms with van der Waals surface area (Å²) in [6.45, 7) is 3.82. The Balaban J connectivity index is 1.38. The molecule has 2 aromatic rings. The maximum Gasteiger partial charge on any atom is 0.251 e. The highest BCUT2D eigenvalue weighted by Crippen LogP contribution is 2.30. The van der Waals surface area contributed by atoms with Gasteiger partial charge in [-0.2, -0.15) is 0 Å². The summed E-state index contributed by atoms with van der Waals surface area (Å²) < 4.78 is 0. The highest BCUT2D eigenvalue weighted by molar-refractivity contribution is 7.10. The molecule has 1 saturated heterocycles. The molecule has 1 aliphatic heterocycles. The number of hydrogen-bond acceptors (Lipinski definition) is 3. The lowest BCUT2D eigenvalue weighted by molar-refractivity contribution is 0.0946. The van der Waals surface area contributed by atoms with Crippen LogP contribution in [-0.2, 0) is 0 Å². The molecule has 0 atom stereocenters. The van der Waals surface area contributed by atoms with E-state index in [1.54, 1.807) is 24.3 Å². The summed E-state index contributed by atoms with van der Waals surface area (Å²) in [5.74, 6) is 0.685. The number of halogens is 1. The minimum Gasteiger partial charge on any atom is -0.351 e. The Hall–Kier alpha value is -1.36. The van der Waals surface area contributed by atoms with Crippen LogP contribution in [0.3, 0.4) is 0 Å². The van der Waals surface area contributed by atoms with Gasteiger partial charge in [0, 0.05) is 28.6 Å². The van der Waals surface area contributed by atoms with E-state index in [4.69, 9.17) is 11.6 Å². The Morgan fingerprint density at radius 2 is 1.96 bits per heavy atom. The minimum absolute atomic E-state index is 0.0323. The van der Waals surface area contributed by atoms with Crippen LogP contribution in [0.25, 0.3) is 0 Å². The third kappa shape index (κ3) is 4.56. The van der Waals surface area contributed by atoms with Gasteiger partial charge in [-0.25, -0.2) is 0 Å². The molecule has 23 heavy (non-hydrogen) atoms. The summed E-state index contributed by atoms with van der Waals surface area (Å²) in [5, 5.41) is 5.79. The maximum atomic E-state index is 12.0. The molecule has 3 nitrogen and oxygen atoms in total. The number of likely N-dealkylation sites (tertiary alicyclic amines) is 1. The van der Waals surface area contributed by atoms with E-state index in [9.17, 15) is 4.79 Å². The fraction of sp³-hybridized carbons (Fsp3) is 0.389. The minimum atomic E-state index is -0.0323. The van der Waals surface area contributed by atoms with E-state index in [-0.39, 0.29) is 5.91 Å². The first-order chi connectivity index (χ1) is 11.2. The zero-order valence-corrected chi connectivity index (χ0v) is 14.6. The van der Waals surface area contributed by atoms with E-state index >= 15 is 0 Å². The van der Waals surface area contributed by atoms with E-state index < -0.39 is 0 Å². The SMILES string of the molecule is O=C(NCCN1CCC(c2cccs2)CC1)c1ccc(Cl)cc1. The van der Waals surface area contributed by atoms with Crippen molar-refractivity contribution < 1.29 is 4.79 Å². The summed E-state index contributed by atoms with van der Waals surface area (Å²) in [6.07, 6.45) is 2.43. The topological polar surface area (TPSA) is 32.3 Å². The number of hydrogen-bond donors (Lipinski definition) is 1. The number of nitrogens with one attached hydrogen (secondary N) is 1. The van der Waals surface area contributed by atoms with Crippen LogP contribution in [0.15, 0.2) is 41.8 Å². The summed E-state index contributed by atoms with van der Waals surface area (Å²) in [7, 11) is 0. The molecule has 1 aromatic heterocycles. The molecule has 1 N–H and O–H groups in total. The fourth-order valence-electron chi connectivity index (χ4n) is 3.00. The van der Waals surface area contributed by atoms with E-state index in [0.29, 0.717) is 17.1 Å². The molecule has 0 bridgehead atoms. The third-order valence-corrected chi connectivity index (χ3v) is 5.64. The van der Waals surface area contributed by atoms with Crippen molar-refractivity contribution in [3.8, 4) is 0 Å². The van der Waals surface area contributed by atoms with Gasteiger partial charge in [-0.15, -0.1) is 11.3 Å². The van der Waals surface area contributed by atoms with Crippen LogP contribution in [0.4, 0.5) is 0 Å². The summed E-state index contributed by atoms with van der Waals surface area (Å²) >= 11 is 7.70. The quantitative estimate of drug-likeness (QED) is 0.885. The second-order valence-electron chi connectivity index (χ2n) is 5.89. The standard InChI is InChI=1S/C18H21ClN2OS/c19-16-5-3-15(4-6-16)18(22)20-9-12-21-10-7-14(8-11-21)17-2-1-13-23-17/h1-6,13-14H,7-12H2,(H,20,22). The number of carbonyl (C=O) groups excluding carboxylic acids is 1. The molecule has 2 heterocycles. The predicted molar refractivity (Wildman–Crippen MR) is 96.5 cm³/mol. The zero-order valence-electron chi connectivity index (χ0n) is 13.0. The largest absolute Gasteiger partial charge is 0.351 e. The first-order valence-corrected chi connectivity index (χ1v) is 9.27. The Bertz CT molecular complexity index is 619. The molecule has 0 saturated carbocycles. The van der Waals surface area contributed by atoms with Crippen LogP contribution in [0, 0.1) is 0 Å². The van der Waals surface area contributed by atoms with E-state index in [1.165, 1.54) is 17.7 Å². The average molecular weight is 349 g/mol. The van der Waals surface area contributed by atoms with Gasteiger partial charge in [0.05, 0.1) is 0 Å². The van der Waals surface area contributed by atoms with Crippen LogP contribution in [0.1, 0.15) is 34.0 Å². The van der Waals surface area contributed by atoms with Crippen LogP contribution >= 0.6 is 22.9 Å². The number of nitrogens with zero attached hydrogens (tertiary/aromatic N) is 1. The van der Waals surface area contributed by atoms with Gasteiger partial charge in [-0.3, -0.25) is 4.79 Å². The molecule has 0 aliphatic carbocycles. The fourth-order valence-corrected chi connectivity index (χ4v) is 4.02. The van der Waals surface area contributed by atoms with Crippen molar-refractivity contribution in [2.45, 2.75) is 18.8 Å². The lowest BCUT2D eigenvalue weighted by Crippen LogP contribution is -2.39. The van der Waals surface area contributed by atoms with E-state index in [0.717, 1.165) is 25.6 Å². The normalized spacial score (nSPS) is 16.4. The second-order valence-corrected chi connectivity index (χ2v) is 7.31. The van der Waals surface area contributed by atoms with Crippen molar-refractivity contribution in [2.24, 2.45) is 0 Å². The predicted octanol–water partition coefficient (Wildman–Crippen LogP) is 4.01. The maximum absolute atomic E-state index is 12.0. The third-order valence-electron chi connectivity index (χ3n) is 4.35. The molecule has 1 fully saturated rings. The monoisotopic (exact) mass is 348 g/mol. The molecule has 0 radical (unpaired) electrons. The number of amides is 1. The van der Waals surface area contributed by atoms with Crippen molar-refractivity contribution in [2.75, 3.05) is 26.2 Å². The van der Waals surface area contributed by atoms with Gasteiger partial charge in [-0.05, 0) is 67.6 Å². The second kappa shape index (κ2) is 7.95. The van der Waals surface area contributed by atoms with Crippen molar-refractivity contribution in [1.29, 1.82) is 0 Å². The van der Waals surface area contributed by atoms with Crippen LogP contribution < -0.4 is 5.32 Å². The summed E-state index contributed by atoms with van der Waals surface area (Å²) in [6, 6.07) is 11.4. The molecule has 122 valence electrons.